The Labute approximate surface area is 384 Å². The van der Waals surface area contributed by atoms with Crippen LogP contribution in [-0.4, -0.2) is 94.7 Å². The Kier molecular flexibility index (Phi) is 12.2. The summed E-state index contributed by atoms with van der Waals surface area (Å²) in [5.41, 5.74) is -0.269. The summed E-state index contributed by atoms with van der Waals surface area (Å²) < 4.78 is 75.6. The molecule has 17 nitrogen and oxygen atoms in total. The summed E-state index contributed by atoms with van der Waals surface area (Å²) in [5, 5.41) is 8.72. The third-order valence-electron chi connectivity index (χ3n) is 14.6. The van der Waals surface area contributed by atoms with Crippen LogP contribution < -0.4 is 4.74 Å². The number of carboxylic acid groups (broad SMARTS) is 1. The third-order valence-corrected chi connectivity index (χ3v) is 14.9. The minimum atomic E-state index is -4.58. The lowest BCUT2D eigenvalue weighted by Crippen LogP contribution is -2.44. The van der Waals surface area contributed by atoms with E-state index in [0.717, 1.165) is 18.2 Å². The Bertz CT molecular complexity index is 2320. The number of rotatable bonds is 10. The molecule has 3 aliphatic heterocycles. The Balaban J connectivity index is 0.000000141. The predicted molar refractivity (Wildman–Crippen MR) is 215 cm³/mol. The zero-order valence-corrected chi connectivity index (χ0v) is 36.7. The Morgan fingerprint density at radius 2 is 1.00 bits per heavy atom. The third kappa shape index (κ3) is 8.07. The first-order valence-corrected chi connectivity index (χ1v) is 21.8. The Hall–Kier alpha value is -6.05. The zero-order valence-electron chi connectivity index (χ0n) is 35.9. The predicted octanol–water partition coefficient (Wildman–Crippen LogP) is 4.32. The average molecular weight is 961 g/mol. The average Bonchev–Trinajstić information content (AvgIpc) is 4.12. The minimum absolute atomic E-state index is 0.0619. The summed E-state index contributed by atoms with van der Waals surface area (Å²) in [4.78, 5) is 107. The SMILES string of the molecule is C=C(C)C(=O)OC1C2CC3C1OC(=O)C3C2C(=O)Cl.C=C(C)C(=O)OC1C2CC3C1OC(=O)C3C2C(=O)O.C=C(C)C(=O)OC1C2CC3C1OC(=O)C3C2C(=O)Oc1cccc(C(F)(F)F)c1. The molecule has 67 heavy (non-hydrogen) atoms. The van der Waals surface area contributed by atoms with Gasteiger partial charge >= 0.3 is 53.9 Å². The number of fused-ring (bicyclic) bond motifs is 3. The molecule has 18 unspecified atom stereocenters. The van der Waals surface area contributed by atoms with E-state index in [9.17, 15) is 61.4 Å². The van der Waals surface area contributed by atoms with E-state index < -0.39 is 143 Å². The molecule has 0 radical (unpaired) electrons. The molecule has 0 aromatic heterocycles. The van der Waals surface area contributed by atoms with Gasteiger partial charge in [-0.05, 0) is 69.8 Å². The van der Waals surface area contributed by atoms with Crippen molar-refractivity contribution in [1.82, 2.24) is 0 Å². The van der Waals surface area contributed by atoms with E-state index in [4.69, 9.17) is 44.8 Å². The van der Waals surface area contributed by atoms with E-state index in [0.29, 0.717) is 19.3 Å². The summed E-state index contributed by atoms with van der Waals surface area (Å²) in [7, 11) is 0. The first kappa shape index (κ1) is 47.4. The monoisotopic (exact) mass is 960 g/mol. The highest BCUT2D eigenvalue weighted by Gasteiger charge is 2.72. The van der Waals surface area contributed by atoms with Crippen molar-refractivity contribution in [3.63, 3.8) is 0 Å². The van der Waals surface area contributed by atoms with Crippen molar-refractivity contribution in [2.24, 2.45) is 71.0 Å². The molecule has 10 rings (SSSR count). The summed E-state index contributed by atoms with van der Waals surface area (Å²) in [6, 6.07) is 3.94. The molecule has 6 aliphatic carbocycles. The van der Waals surface area contributed by atoms with Crippen LogP contribution in [0.4, 0.5) is 13.2 Å². The number of hydrogen-bond donors (Lipinski definition) is 1. The van der Waals surface area contributed by atoms with E-state index in [-0.39, 0.29) is 52.1 Å². The van der Waals surface area contributed by atoms with Crippen molar-refractivity contribution < 1.29 is 94.6 Å². The van der Waals surface area contributed by atoms with Crippen molar-refractivity contribution >= 4 is 64.6 Å². The highest BCUT2D eigenvalue weighted by molar-refractivity contribution is 6.64. The number of carbonyl (C=O) groups excluding carboxylic acids is 8. The van der Waals surface area contributed by atoms with Gasteiger partial charge in [0.15, 0.2) is 0 Å². The lowest BCUT2D eigenvalue weighted by Gasteiger charge is -2.30. The van der Waals surface area contributed by atoms with Crippen molar-refractivity contribution in [3.05, 3.63) is 66.3 Å². The first-order valence-electron chi connectivity index (χ1n) is 21.4. The lowest BCUT2D eigenvalue weighted by atomic mass is 9.78. The maximum absolute atomic E-state index is 12.9. The maximum Gasteiger partial charge on any atom is 0.416 e. The van der Waals surface area contributed by atoms with Gasteiger partial charge in [0.05, 0.1) is 41.1 Å². The lowest BCUT2D eigenvalue weighted by molar-refractivity contribution is -0.160. The van der Waals surface area contributed by atoms with Gasteiger partial charge in [0.1, 0.15) is 42.4 Å². The fourth-order valence-corrected chi connectivity index (χ4v) is 12.3. The zero-order chi connectivity index (χ0) is 48.9. The van der Waals surface area contributed by atoms with Gasteiger partial charge in [0.2, 0.25) is 5.24 Å². The Morgan fingerprint density at radius 1 is 0.627 bits per heavy atom. The van der Waals surface area contributed by atoms with Crippen LogP contribution in [0.3, 0.4) is 0 Å². The van der Waals surface area contributed by atoms with E-state index in [1.165, 1.54) is 19.9 Å². The molecule has 1 aromatic carbocycles. The molecule has 1 N–H and O–H groups in total. The highest BCUT2D eigenvalue weighted by atomic mass is 35.5. The summed E-state index contributed by atoms with van der Waals surface area (Å²) in [6.45, 7) is 15.0. The summed E-state index contributed by atoms with van der Waals surface area (Å²) in [6.07, 6.45) is -6.55. The number of halogens is 4. The summed E-state index contributed by atoms with van der Waals surface area (Å²) in [5.74, 6) is -11.1. The molecule has 0 amide bonds. The van der Waals surface area contributed by atoms with Crippen LogP contribution in [0.2, 0.25) is 0 Å². The molecular formula is C46H44ClF3O17. The smallest absolute Gasteiger partial charge is 0.416 e. The quantitative estimate of drug-likeness (QED) is 0.113. The van der Waals surface area contributed by atoms with Gasteiger partial charge in [0, 0.05) is 52.2 Å². The van der Waals surface area contributed by atoms with Crippen molar-refractivity contribution in [1.29, 1.82) is 0 Å². The second-order valence-corrected chi connectivity index (χ2v) is 19.0. The second kappa shape index (κ2) is 17.2. The summed E-state index contributed by atoms with van der Waals surface area (Å²) >= 11 is 5.60. The fraction of sp³-hybridized carbons (Fsp3) is 0.543. The van der Waals surface area contributed by atoms with Gasteiger partial charge in [-0.25, -0.2) is 14.4 Å². The highest BCUT2D eigenvalue weighted by Crippen LogP contribution is 2.61. The number of aliphatic carboxylic acids is 1. The number of ether oxygens (including phenoxy) is 7. The molecule has 358 valence electrons. The van der Waals surface area contributed by atoms with Crippen LogP contribution in [0.25, 0.3) is 0 Å². The second-order valence-electron chi connectivity index (χ2n) is 18.6. The molecule has 0 spiro atoms. The van der Waals surface area contributed by atoms with Crippen LogP contribution in [0.5, 0.6) is 5.75 Å². The molecule has 6 bridgehead atoms. The maximum atomic E-state index is 12.9. The van der Waals surface area contributed by atoms with E-state index in [1.54, 1.807) is 6.92 Å². The van der Waals surface area contributed by atoms with Crippen LogP contribution in [0.15, 0.2) is 60.7 Å². The largest absolute Gasteiger partial charge is 0.481 e. The van der Waals surface area contributed by atoms with Crippen molar-refractivity contribution in [2.75, 3.05) is 0 Å². The number of hydrogen-bond acceptors (Lipinski definition) is 16. The van der Waals surface area contributed by atoms with Gasteiger partial charge in [0.25, 0.3) is 0 Å². The number of alkyl halides is 3. The number of carboxylic acids is 1. The molecule has 9 fully saturated rings. The van der Waals surface area contributed by atoms with Crippen LogP contribution >= 0.6 is 11.6 Å². The topological polar surface area (TPSA) is 238 Å². The van der Waals surface area contributed by atoms with Gasteiger partial charge < -0.3 is 38.3 Å². The van der Waals surface area contributed by atoms with Crippen LogP contribution in [0.1, 0.15) is 45.6 Å². The molecule has 3 saturated heterocycles. The molecule has 6 saturated carbocycles. The van der Waals surface area contributed by atoms with Crippen molar-refractivity contribution in [3.8, 4) is 5.75 Å². The molecule has 21 heteroatoms. The van der Waals surface area contributed by atoms with Gasteiger partial charge in [-0.2, -0.15) is 13.2 Å². The van der Waals surface area contributed by atoms with Gasteiger partial charge in [-0.3, -0.25) is 28.8 Å². The molecular weight excluding hydrogens is 917 g/mol. The fourth-order valence-electron chi connectivity index (χ4n) is 12.0. The van der Waals surface area contributed by atoms with E-state index in [2.05, 4.69) is 19.7 Å². The Morgan fingerprint density at radius 3 is 1.37 bits per heavy atom. The number of benzene rings is 1. The van der Waals surface area contributed by atoms with Gasteiger partial charge in [-0.15, -0.1) is 0 Å². The molecule has 9 aliphatic rings. The van der Waals surface area contributed by atoms with Crippen LogP contribution in [0, 0.1) is 71.0 Å². The molecule has 1 aromatic rings. The molecule has 18 atom stereocenters. The minimum Gasteiger partial charge on any atom is -0.481 e. The van der Waals surface area contributed by atoms with Crippen molar-refractivity contribution in [2.45, 2.75) is 82.8 Å². The standard InChI is InChI=1S/C20H17F3O6.C13H13ClO5.C13H14O6/c1-8(2)17(24)28-15-11-7-12-14(19(26)29-16(12)15)13(11)18(25)27-10-5-3-4-9(6-10)20(21,22)23;2*1-4(2)12(16)18-9-5-3-6-8(7(5)11(14)15)13(17)19-10(6)9/h3-6,11-16H,1,7H2,2H3;5-10H,1,3H2,2H3;5-10H,1,3H2,2H3,(H,14,15). The van der Waals surface area contributed by atoms with Gasteiger partial charge in [-0.1, -0.05) is 25.8 Å². The number of esters is 7. The van der Waals surface area contributed by atoms with Crippen LogP contribution in [-0.2, 0) is 77.7 Å². The van der Waals surface area contributed by atoms with E-state index in [1.807, 2.05) is 0 Å². The number of carbonyl (C=O) groups is 9. The normalized spacial score (nSPS) is 37.7. The first-order chi connectivity index (χ1) is 31.4. The van der Waals surface area contributed by atoms with E-state index >= 15 is 0 Å². The molecule has 3 heterocycles.